The van der Waals surface area contributed by atoms with E-state index >= 15 is 0 Å². The lowest BCUT2D eigenvalue weighted by molar-refractivity contribution is -0.121. The summed E-state index contributed by atoms with van der Waals surface area (Å²) in [5.74, 6) is -0.0775. The van der Waals surface area contributed by atoms with Crippen molar-refractivity contribution in [3.05, 3.63) is 28.8 Å². The molecule has 1 N–H and O–H groups in total. The fraction of sp³-hybridized carbons (Fsp3) is 0.533. The predicted molar refractivity (Wildman–Crippen MR) is 90.9 cm³/mol. The van der Waals surface area contributed by atoms with Gasteiger partial charge in [-0.3, -0.25) is 9.10 Å². The summed E-state index contributed by atoms with van der Waals surface area (Å²) in [7, 11) is -3.44. The highest BCUT2D eigenvalue weighted by atomic mass is 35.5. The van der Waals surface area contributed by atoms with E-state index in [4.69, 9.17) is 11.6 Å². The standard InChI is InChI=1S/C15H23ClN2O3S/c1-11(2)17-15(19)6-5-9-18(22(4,20)21)14-10-13(16)8-7-12(14)3/h7-8,10-11H,5-6,9H2,1-4H3,(H,17,19). The fourth-order valence-electron chi connectivity index (χ4n) is 2.09. The van der Waals surface area contributed by atoms with Crippen molar-refractivity contribution in [2.24, 2.45) is 0 Å². The molecule has 124 valence electrons. The van der Waals surface area contributed by atoms with Crippen LogP contribution in [-0.2, 0) is 14.8 Å². The lowest BCUT2D eigenvalue weighted by atomic mass is 10.2. The highest BCUT2D eigenvalue weighted by Gasteiger charge is 2.19. The van der Waals surface area contributed by atoms with Crippen LogP contribution < -0.4 is 9.62 Å². The first-order chi connectivity index (χ1) is 10.1. The quantitative estimate of drug-likeness (QED) is 0.825. The molecule has 0 radical (unpaired) electrons. The minimum atomic E-state index is -3.44. The number of amides is 1. The summed E-state index contributed by atoms with van der Waals surface area (Å²) in [6.07, 6.45) is 1.88. The number of halogens is 1. The number of rotatable bonds is 7. The second-order valence-corrected chi connectivity index (χ2v) is 7.93. The normalized spacial score (nSPS) is 11.5. The molecule has 0 fully saturated rings. The van der Waals surface area contributed by atoms with E-state index in [9.17, 15) is 13.2 Å². The van der Waals surface area contributed by atoms with Gasteiger partial charge in [-0.25, -0.2) is 8.42 Å². The van der Waals surface area contributed by atoms with Crippen LogP contribution in [0.15, 0.2) is 18.2 Å². The number of hydrogen-bond acceptors (Lipinski definition) is 3. The topological polar surface area (TPSA) is 66.5 Å². The summed E-state index contributed by atoms with van der Waals surface area (Å²) in [4.78, 5) is 11.6. The number of hydrogen-bond donors (Lipinski definition) is 1. The van der Waals surface area contributed by atoms with Crippen LogP contribution in [0.2, 0.25) is 5.02 Å². The van der Waals surface area contributed by atoms with E-state index in [2.05, 4.69) is 5.32 Å². The third-order valence-corrected chi connectivity index (χ3v) is 4.47. The van der Waals surface area contributed by atoms with Crippen LogP contribution in [0.5, 0.6) is 0 Å². The number of nitrogens with zero attached hydrogens (tertiary/aromatic N) is 1. The molecule has 5 nitrogen and oxygen atoms in total. The first kappa shape index (κ1) is 18.8. The number of aryl methyl sites for hydroxylation is 1. The molecule has 0 aliphatic heterocycles. The van der Waals surface area contributed by atoms with Gasteiger partial charge >= 0.3 is 0 Å². The maximum absolute atomic E-state index is 12.0. The Balaban J connectivity index is 2.84. The van der Waals surface area contributed by atoms with E-state index in [0.29, 0.717) is 17.1 Å². The molecule has 0 saturated carbocycles. The molecule has 1 rings (SSSR count). The Morgan fingerprint density at radius 1 is 1.36 bits per heavy atom. The van der Waals surface area contributed by atoms with E-state index in [1.807, 2.05) is 20.8 Å². The van der Waals surface area contributed by atoms with Gasteiger partial charge in [0, 0.05) is 24.0 Å². The molecule has 0 atom stereocenters. The van der Waals surface area contributed by atoms with Gasteiger partial charge in [-0.15, -0.1) is 0 Å². The van der Waals surface area contributed by atoms with E-state index < -0.39 is 10.0 Å². The molecule has 1 amide bonds. The zero-order valence-corrected chi connectivity index (χ0v) is 15.0. The Hall–Kier alpha value is -1.27. The van der Waals surface area contributed by atoms with Crippen molar-refractivity contribution in [2.45, 2.75) is 39.7 Å². The monoisotopic (exact) mass is 346 g/mol. The predicted octanol–water partition coefficient (Wildman–Crippen LogP) is 2.72. The van der Waals surface area contributed by atoms with Crippen molar-refractivity contribution in [3.8, 4) is 0 Å². The molecular formula is C15H23ClN2O3S. The van der Waals surface area contributed by atoms with Gasteiger partial charge in [-0.2, -0.15) is 0 Å². The lowest BCUT2D eigenvalue weighted by Crippen LogP contribution is -2.34. The smallest absolute Gasteiger partial charge is 0.232 e. The molecule has 0 aliphatic carbocycles. The van der Waals surface area contributed by atoms with Crippen molar-refractivity contribution >= 4 is 33.2 Å². The molecule has 0 bridgehead atoms. The largest absolute Gasteiger partial charge is 0.354 e. The molecular weight excluding hydrogens is 324 g/mol. The molecule has 0 saturated heterocycles. The van der Waals surface area contributed by atoms with Gasteiger partial charge in [0.15, 0.2) is 0 Å². The molecule has 0 spiro atoms. The van der Waals surface area contributed by atoms with Gasteiger partial charge in [-0.05, 0) is 44.9 Å². The van der Waals surface area contributed by atoms with Crippen molar-refractivity contribution in [2.75, 3.05) is 17.1 Å². The number of carbonyl (C=O) groups excluding carboxylic acids is 1. The maximum atomic E-state index is 12.0. The molecule has 7 heteroatoms. The molecule has 1 aromatic rings. The Morgan fingerprint density at radius 3 is 2.55 bits per heavy atom. The van der Waals surface area contributed by atoms with Crippen LogP contribution in [0, 0.1) is 6.92 Å². The molecule has 0 aromatic heterocycles. The van der Waals surface area contributed by atoms with Crippen LogP contribution in [0.3, 0.4) is 0 Å². The molecule has 0 heterocycles. The summed E-state index contributed by atoms with van der Waals surface area (Å²) in [6, 6.07) is 5.21. The Bertz CT molecular complexity index is 630. The highest BCUT2D eigenvalue weighted by molar-refractivity contribution is 7.92. The minimum Gasteiger partial charge on any atom is -0.354 e. The number of benzene rings is 1. The average molecular weight is 347 g/mol. The van der Waals surface area contributed by atoms with Crippen molar-refractivity contribution < 1.29 is 13.2 Å². The summed E-state index contributed by atoms with van der Waals surface area (Å²) >= 11 is 5.97. The van der Waals surface area contributed by atoms with E-state index in [0.717, 1.165) is 11.8 Å². The minimum absolute atomic E-state index is 0.0775. The summed E-state index contributed by atoms with van der Waals surface area (Å²) in [6.45, 7) is 5.84. The van der Waals surface area contributed by atoms with Crippen LogP contribution >= 0.6 is 11.6 Å². The Morgan fingerprint density at radius 2 is 2.00 bits per heavy atom. The van der Waals surface area contributed by atoms with Crippen molar-refractivity contribution in [1.29, 1.82) is 0 Å². The first-order valence-corrected chi connectivity index (χ1v) is 9.37. The van der Waals surface area contributed by atoms with Crippen LogP contribution in [0.25, 0.3) is 0 Å². The van der Waals surface area contributed by atoms with Crippen molar-refractivity contribution in [1.82, 2.24) is 5.32 Å². The molecule has 22 heavy (non-hydrogen) atoms. The van der Waals surface area contributed by atoms with E-state index in [1.54, 1.807) is 18.2 Å². The fourth-order valence-corrected chi connectivity index (χ4v) is 3.27. The third-order valence-electron chi connectivity index (χ3n) is 3.05. The van der Waals surface area contributed by atoms with Gasteiger partial charge in [-0.1, -0.05) is 17.7 Å². The lowest BCUT2D eigenvalue weighted by Gasteiger charge is -2.24. The van der Waals surface area contributed by atoms with Gasteiger partial charge < -0.3 is 5.32 Å². The second kappa shape index (κ2) is 7.83. The second-order valence-electron chi connectivity index (χ2n) is 5.59. The summed E-state index contributed by atoms with van der Waals surface area (Å²) < 4.78 is 25.4. The van der Waals surface area contributed by atoms with Gasteiger partial charge in [0.05, 0.1) is 11.9 Å². The van der Waals surface area contributed by atoms with E-state index in [-0.39, 0.29) is 24.9 Å². The Kier molecular flexibility index (Phi) is 6.68. The van der Waals surface area contributed by atoms with Gasteiger partial charge in [0.25, 0.3) is 0 Å². The zero-order chi connectivity index (χ0) is 16.9. The zero-order valence-electron chi connectivity index (χ0n) is 13.4. The third kappa shape index (κ3) is 5.85. The van der Waals surface area contributed by atoms with Gasteiger partial charge in [0.1, 0.15) is 0 Å². The van der Waals surface area contributed by atoms with Crippen LogP contribution in [-0.4, -0.2) is 33.2 Å². The SMILES string of the molecule is Cc1ccc(Cl)cc1N(CCCC(=O)NC(C)C)S(C)(=O)=O. The maximum Gasteiger partial charge on any atom is 0.232 e. The molecule has 1 aromatic carbocycles. The van der Waals surface area contributed by atoms with Gasteiger partial charge in [0.2, 0.25) is 15.9 Å². The summed E-state index contributed by atoms with van der Waals surface area (Å²) in [5, 5.41) is 3.27. The Labute approximate surface area is 137 Å². The summed E-state index contributed by atoms with van der Waals surface area (Å²) in [5.41, 5.74) is 1.38. The van der Waals surface area contributed by atoms with Crippen LogP contribution in [0.1, 0.15) is 32.3 Å². The molecule has 0 unspecified atom stereocenters. The number of sulfonamides is 1. The highest BCUT2D eigenvalue weighted by Crippen LogP contribution is 2.26. The van der Waals surface area contributed by atoms with E-state index in [1.165, 1.54) is 4.31 Å². The molecule has 0 aliphatic rings. The number of nitrogens with one attached hydrogen (secondary N) is 1. The number of carbonyl (C=O) groups is 1. The first-order valence-electron chi connectivity index (χ1n) is 7.14. The van der Waals surface area contributed by atoms with Crippen molar-refractivity contribution in [3.63, 3.8) is 0 Å². The average Bonchev–Trinajstić information content (AvgIpc) is 2.35. The van der Waals surface area contributed by atoms with Crippen LogP contribution in [0.4, 0.5) is 5.69 Å². The number of anilines is 1.